The van der Waals surface area contributed by atoms with Crippen molar-refractivity contribution in [1.29, 1.82) is 0 Å². The summed E-state index contributed by atoms with van der Waals surface area (Å²) < 4.78 is 13.0. The predicted molar refractivity (Wildman–Crippen MR) is 102 cm³/mol. The SMILES string of the molecule is COc1ccccc1Oc1ccc(NC(=O)CC(C)n2ccnc2C)cn1. The summed E-state index contributed by atoms with van der Waals surface area (Å²) in [5.74, 6) is 2.42. The van der Waals surface area contributed by atoms with Crippen molar-refractivity contribution in [3.63, 3.8) is 0 Å². The number of carbonyl (C=O) groups is 1. The monoisotopic (exact) mass is 366 g/mol. The molecule has 0 saturated heterocycles. The van der Waals surface area contributed by atoms with Crippen molar-refractivity contribution < 1.29 is 14.3 Å². The van der Waals surface area contributed by atoms with Crippen LogP contribution in [0, 0.1) is 6.92 Å². The van der Waals surface area contributed by atoms with Crippen LogP contribution in [0.15, 0.2) is 55.0 Å². The molecule has 2 heterocycles. The summed E-state index contributed by atoms with van der Waals surface area (Å²) in [6.45, 7) is 3.90. The fourth-order valence-electron chi connectivity index (χ4n) is 2.76. The zero-order chi connectivity index (χ0) is 19.2. The van der Waals surface area contributed by atoms with Crippen LogP contribution in [-0.4, -0.2) is 27.6 Å². The fraction of sp³-hybridized carbons (Fsp3) is 0.250. The number of benzene rings is 1. The van der Waals surface area contributed by atoms with E-state index < -0.39 is 0 Å². The van der Waals surface area contributed by atoms with E-state index in [2.05, 4.69) is 15.3 Å². The fourth-order valence-corrected chi connectivity index (χ4v) is 2.76. The lowest BCUT2D eigenvalue weighted by Gasteiger charge is -2.15. The van der Waals surface area contributed by atoms with Crippen molar-refractivity contribution in [2.45, 2.75) is 26.3 Å². The number of pyridine rings is 1. The van der Waals surface area contributed by atoms with Gasteiger partial charge in [0.1, 0.15) is 5.82 Å². The molecule has 2 aromatic heterocycles. The van der Waals surface area contributed by atoms with Crippen molar-refractivity contribution >= 4 is 11.6 Å². The summed E-state index contributed by atoms with van der Waals surface area (Å²) in [6, 6.07) is 10.8. The molecular formula is C20H22N4O3. The Kier molecular flexibility index (Phi) is 5.71. The molecule has 27 heavy (non-hydrogen) atoms. The number of hydrogen-bond donors (Lipinski definition) is 1. The van der Waals surface area contributed by atoms with Crippen molar-refractivity contribution in [1.82, 2.24) is 14.5 Å². The number of anilines is 1. The van der Waals surface area contributed by atoms with Crippen LogP contribution in [0.1, 0.15) is 25.2 Å². The zero-order valence-electron chi connectivity index (χ0n) is 15.5. The minimum absolute atomic E-state index is 0.0219. The van der Waals surface area contributed by atoms with E-state index in [9.17, 15) is 4.79 Å². The predicted octanol–water partition coefficient (Wildman–Crippen LogP) is 3.98. The third-order valence-corrected chi connectivity index (χ3v) is 4.12. The van der Waals surface area contributed by atoms with Crippen LogP contribution in [0.4, 0.5) is 5.69 Å². The van der Waals surface area contributed by atoms with Gasteiger partial charge in [-0.2, -0.15) is 0 Å². The van der Waals surface area contributed by atoms with E-state index in [0.29, 0.717) is 29.5 Å². The van der Waals surface area contributed by atoms with Crippen LogP contribution < -0.4 is 14.8 Å². The van der Waals surface area contributed by atoms with Gasteiger partial charge in [0.05, 0.1) is 19.0 Å². The number of nitrogens with zero attached hydrogens (tertiary/aromatic N) is 3. The Balaban J connectivity index is 1.59. The maximum atomic E-state index is 12.3. The first kappa shape index (κ1) is 18.4. The van der Waals surface area contributed by atoms with Crippen LogP contribution in [0.2, 0.25) is 0 Å². The molecule has 1 N–H and O–H groups in total. The second-order valence-electron chi connectivity index (χ2n) is 6.12. The smallest absolute Gasteiger partial charge is 0.226 e. The molecule has 3 aromatic rings. The third-order valence-electron chi connectivity index (χ3n) is 4.12. The lowest BCUT2D eigenvalue weighted by Crippen LogP contribution is -2.18. The molecule has 140 valence electrons. The number of methoxy groups -OCH3 is 1. The number of carbonyl (C=O) groups excluding carboxylic acids is 1. The molecule has 0 saturated carbocycles. The summed E-state index contributed by atoms with van der Waals surface area (Å²) in [5, 5.41) is 2.85. The minimum atomic E-state index is -0.0872. The van der Waals surface area contributed by atoms with Gasteiger partial charge < -0.3 is 19.4 Å². The summed E-state index contributed by atoms with van der Waals surface area (Å²) in [6.07, 6.45) is 5.51. The first-order chi connectivity index (χ1) is 13.1. The van der Waals surface area contributed by atoms with E-state index in [1.807, 2.05) is 42.8 Å². The molecule has 1 atom stereocenters. The molecule has 0 aliphatic rings. The summed E-state index contributed by atoms with van der Waals surface area (Å²) in [7, 11) is 1.58. The van der Waals surface area contributed by atoms with E-state index in [1.165, 1.54) is 0 Å². The van der Waals surface area contributed by atoms with Gasteiger partial charge in [0.2, 0.25) is 11.8 Å². The molecule has 0 aliphatic carbocycles. The Morgan fingerprint density at radius 3 is 2.59 bits per heavy atom. The highest BCUT2D eigenvalue weighted by atomic mass is 16.5. The van der Waals surface area contributed by atoms with Gasteiger partial charge >= 0.3 is 0 Å². The second-order valence-corrected chi connectivity index (χ2v) is 6.12. The number of para-hydroxylation sites is 2. The molecule has 3 rings (SSSR count). The Hall–Kier alpha value is -3.35. The van der Waals surface area contributed by atoms with Gasteiger partial charge in [0, 0.05) is 30.9 Å². The van der Waals surface area contributed by atoms with Gasteiger partial charge in [-0.1, -0.05) is 12.1 Å². The van der Waals surface area contributed by atoms with Gasteiger partial charge in [0.15, 0.2) is 11.5 Å². The topological polar surface area (TPSA) is 78.3 Å². The van der Waals surface area contributed by atoms with Crippen LogP contribution in [0.25, 0.3) is 0 Å². The summed E-state index contributed by atoms with van der Waals surface area (Å²) in [5.41, 5.74) is 0.613. The first-order valence-electron chi connectivity index (χ1n) is 8.63. The molecule has 0 spiro atoms. The zero-order valence-corrected chi connectivity index (χ0v) is 15.5. The van der Waals surface area contributed by atoms with Gasteiger partial charge in [-0.25, -0.2) is 9.97 Å². The van der Waals surface area contributed by atoms with Gasteiger partial charge in [-0.05, 0) is 32.0 Å². The van der Waals surface area contributed by atoms with E-state index in [-0.39, 0.29) is 11.9 Å². The Morgan fingerprint density at radius 1 is 1.19 bits per heavy atom. The molecule has 7 nitrogen and oxygen atoms in total. The molecule has 0 fully saturated rings. The van der Waals surface area contributed by atoms with Crippen molar-refractivity contribution in [3.05, 3.63) is 60.8 Å². The number of imidazole rings is 1. The maximum absolute atomic E-state index is 12.3. The van der Waals surface area contributed by atoms with Crippen molar-refractivity contribution in [2.24, 2.45) is 0 Å². The number of amides is 1. The highest BCUT2D eigenvalue weighted by Crippen LogP contribution is 2.30. The van der Waals surface area contributed by atoms with Gasteiger partial charge in [0.25, 0.3) is 0 Å². The molecule has 1 aromatic carbocycles. The molecule has 1 amide bonds. The average molecular weight is 366 g/mol. The molecule has 0 aliphatic heterocycles. The van der Waals surface area contributed by atoms with E-state index in [1.54, 1.807) is 37.7 Å². The Bertz CT molecular complexity index is 906. The lowest BCUT2D eigenvalue weighted by molar-refractivity contribution is -0.116. The van der Waals surface area contributed by atoms with Crippen molar-refractivity contribution in [2.75, 3.05) is 12.4 Å². The number of nitrogens with one attached hydrogen (secondary N) is 1. The second kappa shape index (κ2) is 8.35. The number of hydrogen-bond acceptors (Lipinski definition) is 5. The quantitative estimate of drug-likeness (QED) is 0.684. The highest BCUT2D eigenvalue weighted by Gasteiger charge is 2.13. The summed E-state index contributed by atoms with van der Waals surface area (Å²) in [4.78, 5) is 20.7. The normalized spacial score (nSPS) is 11.7. The Labute approximate surface area is 158 Å². The minimum Gasteiger partial charge on any atom is -0.493 e. The first-order valence-corrected chi connectivity index (χ1v) is 8.63. The van der Waals surface area contributed by atoms with Gasteiger partial charge in [-0.3, -0.25) is 4.79 Å². The largest absolute Gasteiger partial charge is 0.493 e. The summed E-state index contributed by atoms with van der Waals surface area (Å²) >= 11 is 0. The number of aryl methyl sites for hydroxylation is 1. The van der Waals surface area contributed by atoms with E-state index in [0.717, 1.165) is 5.82 Å². The molecule has 7 heteroatoms. The Morgan fingerprint density at radius 2 is 1.96 bits per heavy atom. The van der Waals surface area contributed by atoms with Crippen LogP contribution in [0.3, 0.4) is 0 Å². The maximum Gasteiger partial charge on any atom is 0.226 e. The van der Waals surface area contributed by atoms with Crippen LogP contribution >= 0.6 is 0 Å². The third kappa shape index (κ3) is 4.63. The highest BCUT2D eigenvalue weighted by molar-refractivity contribution is 5.90. The van der Waals surface area contributed by atoms with E-state index >= 15 is 0 Å². The number of aromatic nitrogens is 3. The molecule has 0 bridgehead atoms. The standard InChI is InChI=1S/C20H22N4O3/c1-14(24-11-10-21-15(24)2)12-19(25)23-16-8-9-20(22-13-16)27-18-7-5-4-6-17(18)26-3/h4-11,13-14H,12H2,1-3H3,(H,23,25). The van der Waals surface area contributed by atoms with Crippen molar-refractivity contribution in [3.8, 4) is 17.4 Å². The average Bonchev–Trinajstić information content (AvgIpc) is 3.10. The molecular weight excluding hydrogens is 344 g/mol. The molecule has 0 radical (unpaired) electrons. The van der Waals surface area contributed by atoms with Gasteiger partial charge in [-0.15, -0.1) is 0 Å². The van der Waals surface area contributed by atoms with E-state index in [4.69, 9.17) is 9.47 Å². The lowest BCUT2D eigenvalue weighted by atomic mass is 10.2. The number of ether oxygens (including phenoxy) is 2. The molecule has 1 unspecified atom stereocenters. The van der Waals surface area contributed by atoms with Crippen LogP contribution in [0.5, 0.6) is 17.4 Å². The van der Waals surface area contributed by atoms with Crippen LogP contribution in [-0.2, 0) is 4.79 Å². The number of rotatable bonds is 7.